The molecule has 92 valence electrons. The summed E-state index contributed by atoms with van der Waals surface area (Å²) in [6.07, 6.45) is 4.49. The number of nitrogens with two attached hydrogens (primary N) is 1. The fourth-order valence-corrected chi connectivity index (χ4v) is 1.86. The average molecular weight is 242 g/mol. The van der Waals surface area contributed by atoms with Crippen LogP contribution in [0.15, 0.2) is 12.4 Å². The number of hydrogen-bond acceptors (Lipinski definition) is 5. The number of anilines is 1. The molecule has 0 fully saturated rings. The summed E-state index contributed by atoms with van der Waals surface area (Å²) in [5.74, 6) is 0.434. The van der Waals surface area contributed by atoms with Gasteiger partial charge in [-0.3, -0.25) is 0 Å². The summed E-state index contributed by atoms with van der Waals surface area (Å²) in [4.78, 5) is 8.17. The molecule has 6 heteroatoms. The van der Waals surface area contributed by atoms with Crippen molar-refractivity contribution >= 4 is 5.69 Å². The third-order valence-corrected chi connectivity index (χ3v) is 2.75. The molecule has 2 N–H and O–H groups in total. The van der Waals surface area contributed by atoms with Crippen LogP contribution in [0.5, 0.6) is 0 Å². The Kier molecular flexibility index (Phi) is 3.24. The monoisotopic (exact) mass is 242 g/mol. The number of nitriles is 1. The first-order valence-electron chi connectivity index (χ1n) is 5.80. The molecule has 0 bridgehead atoms. The maximum atomic E-state index is 9.05. The second kappa shape index (κ2) is 4.84. The summed E-state index contributed by atoms with van der Waals surface area (Å²) in [6, 6.07) is 2.02. The summed E-state index contributed by atoms with van der Waals surface area (Å²) in [7, 11) is 0. The van der Waals surface area contributed by atoms with Crippen molar-refractivity contribution in [2.45, 2.75) is 26.7 Å². The van der Waals surface area contributed by atoms with Crippen LogP contribution in [-0.4, -0.2) is 19.7 Å². The van der Waals surface area contributed by atoms with Crippen molar-refractivity contribution < 1.29 is 0 Å². The first kappa shape index (κ1) is 12.0. The first-order chi connectivity index (χ1) is 8.72. The highest BCUT2D eigenvalue weighted by atomic mass is 15.3. The molecule has 0 saturated carbocycles. The van der Waals surface area contributed by atoms with Gasteiger partial charge in [0.1, 0.15) is 6.07 Å². The predicted molar refractivity (Wildman–Crippen MR) is 67.0 cm³/mol. The number of aromatic nitrogens is 4. The number of aryl methyl sites for hydroxylation is 1. The highest BCUT2D eigenvalue weighted by Gasteiger charge is 2.17. The summed E-state index contributed by atoms with van der Waals surface area (Å²) >= 11 is 0. The van der Waals surface area contributed by atoms with Gasteiger partial charge in [0.2, 0.25) is 0 Å². The molecule has 0 aliphatic carbocycles. The Balaban J connectivity index is 2.68. The van der Waals surface area contributed by atoms with E-state index < -0.39 is 0 Å². The van der Waals surface area contributed by atoms with E-state index in [4.69, 9.17) is 11.0 Å². The van der Waals surface area contributed by atoms with Gasteiger partial charge in [-0.1, -0.05) is 13.8 Å². The van der Waals surface area contributed by atoms with Crippen LogP contribution in [0.4, 0.5) is 5.69 Å². The maximum absolute atomic E-state index is 9.05. The van der Waals surface area contributed by atoms with E-state index in [1.54, 1.807) is 10.9 Å². The van der Waals surface area contributed by atoms with Gasteiger partial charge >= 0.3 is 0 Å². The van der Waals surface area contributed by atoms with Gasteiger partial charge in [-0.2, -0.15) is 10.4 Å². The van der Waals surface area contributed by atoms with Crippen LogP contribution in [0.25, 0.3) is 5.82 Å². The second-order valence-corrected chi connectivity index (χ2v) is 3.77. The van der Waals surface area contributed by atoms with Gasteiger partial charge in [-0.05, 0) is 12.8 Å². The SMILES string of the molecule is CCc1nn(-c2nccnc2C#N)c(CC)c1N. The minimum atomic E-state index is 0.248. The van der Waals surface area contributed by atoms with Crippen molar-refractivity contribution in [3.63, 3.8) is 0 Å². The van der Waals surface area contributed by atoms with Gasteiger partial charge in [0.15, 0.2) is 11.5 Å². The molecule has 2 aromatic rings. The molecule has 0 aromatic carbocycles. The third-order valence-electron chi connectivity index (χ3n) is 2.75. The van der Waals surface area contributed by atoms with Crippen molar-refractivity contribution in [3.8, 4) is 11.9 Å². The number of nitrogen functional groups attached to an aromatic ring is 1. The van der Waals surface area contributed by atoms with E-state index in [0.717, 1.165) is 24.2 Å². The van der Waals surface area contributed by atoms with Crippen molar-refractivity contribution in [1.82, 2.24) is 19.7 Å². The molecule has 0 amide bonds. The highest BCUT2D eigenvalue weighted by molar-refractivity contribution is 5.52. The Labute approximate surface area is 105 Å². The Hall–Kier alpha value is -2.42. The van der Waals surface area contributed by atoms with Gasteiger partial charge in [0, 0.05) is 12.4 Å². The van der Waals surface area contributed by atoms with Gasteiger partial charge in [0.05, 0.1) is 17.1 Å². The first-order valence-corrected chi connectivity index (χ1v) is 5.80. The van der Waals surface area contributed by atoms with Crippen molar-refractivity contribution in [2.75, 3.05) is 5.73 Å². The van der Waals surface area contributed by atoms with Crippen LogP contribution in [0.3, 0.4) is 0 Å². The molecule has 2 rings (SSSR count). The van der Waals surface area contributed by atoms with Crippen LogP contribution in [0, 0.1) is 11.3 Å². The smallest absolute Gasteiger partial charge is 0.190 e. The molecule has 0 aliphatic heterocycles. The van der Waals surface area contributed by atoms with Gasteiger partial charge in [0.25, 0.3) is 0 Å². The summed E-state index contributed by atoms with van der Waals surface area (Å²) in [5, 5.41) is 13.5. The molecule has 0 aliphatic rings. The lowest BCUT2D eigenvalue weighted by molar-refractivity contribution is 0.764. The summed E-state index contributed by atoms with van der Waals surface area (Å²) < 4.78 is 1.62. The van der Waals surface area contributed by atoms with Crippen molar-refractivity contribution in [1.29, 1.82) is 5.26 Å². The summed E-state index contributed by atoms with van der Waals surface area (Å²) in [5.41, 5.74) is 8.65. The molecular weight excluding hydrogens is 228 g/mol. The number of nitrogens with zero attached hydrogens (tertiary/aromatic N) is 5. The van der Waals surface area contributed by atoms with Crippen LogP contribution >= 0.6 is 0 Å². The number of hydrogen-bond donors (Lipinski definition) is 1. The zero-order chi connectivity index (χ0) is 13.1. The van der Waals surface area contributed by atoms with E-state index in [1.807, 2.05) is 19.9 Å². The normalized spacial score (nSPS) is 10.3. The Morgan fingerprint density at radius 3 is 2.61 bits per heavy atom. The highest BCUT2D eigenvalue weighted by Crippen LogP contribution is 2.22. The standard InChI is InChI=1S/C12H14N6/c1-3-8-11(14)10(4-2)18(17-8)12-9(7-13)15-5-6-16-12/h5-6H,3-4,14H2,1-2H3. The zero-order valence-corrected chi connectivity index (χ0v) is 10.4. The van der Waals surface area contributed by atoms with E-state index in [2.05, 4.69) is 15.1 Å². The minimum absolute atomic E-state index is 0.248. The fourth-order valence-electron chi connectivity index (χ4n) is 1.86. The molecule has 0 spiro atoms. The van der Waals surface area contributed by atoms with Gasteiger partial charge < -0.3 is 5.73 Å². The fraction of sp³-hybridized carbons (Fsp3) is 0.333. The molecule has 6 nitrogen and oxygen atoms in total. The largest absolute Gasteiger partial charge is 0.396 e. The lowest BCUT2D eigenvalue weighted by Crippen LogP contribution is -2.08. The van der Waals surface area contributed by atoms with E-state index in [-0.39, 0.29) is 5.69 Å². The molecule has 0 unspecified atom stereocenters. The van der Waals surface area contributed by atoms with E-state index >= 15 is 0 Å². The van der Waals surface area contributed by atoms with Gasteiger partial charge in [-0.15, -0.1) is 0 Å². The van der Waals surface area contributed by atoms with Crippen LogP contribution in [0.2, 0.25) is 0 Å². The second-order valence-electron chi connectivity index (χ2n) is 3.77. The quantitative estimate of drug-likeness (QED) is 0.873. The Bertz CT molecular complexity index is 608. The average Bonchev–Trinajstić information content (AvgIpc) is 2.74. The molecule has 0 radical (unpaired) electrons. The summed E-state index contributed by atoms with van der Waals surface area (Å²) in [6.45, 7) is 3.98. The van der Waals surface area contributed by atoms with Gasteiger partial charge in [-0.25, -0.2) is 14.6 Å². The molecular formula is C12H14N6. The van der Waals surface area contributed by atoms with E-state index in [9.17, 15) is 0 Å². The van der Waals surface area contributed by atoms with E-state index in [0.29, 0.717) is 11.5 Å². The lowest BCUT2D eigenvalue weighted by atomic mass is 10.2. The Morgan fingerprint density at radius 1 is 1.28 bits per heavy atom. The van der Waals surface area contributed by atoms with Crippen LogP contribution in [0.1, 0.15) is 30.9 Å². The van der Waals surface area contributed by atoms with Crippen molar-refractivity contribution in [3.05, 3.63) is 29.5 Å². The molecule has 0 saturated heterocycles. The molecule has 18 heavy (non-hydrogen) atoms. The maximum Gasteiger partial charge on any atom is 0.190 e. The lowest BCUT2D eigenvalue weighted by Gasteiger charge is -2.05. The third kappa shape index (κ3) is 1.80. The Morgan fingerprint density at radius 2 is 2.00 bits per heavy atom. The van der Waals surface area contributed by atoms with Crippen LogP contribution in [-0.2, 0) is 12.8 Å². The zero-order valence-electron chi connectivity index (χ0n) is 10.4. The minimum Gasteiger partial charge on any atom is -0.396 e. The van der Waals surface area contributed by atoms with Crippen LogP contribution < -0.4 is 5.73 Å². The topological polar surface area (TPSA) is 93.4 Å². The van der Waals surface area contributed by atoms with Crippen molar-refractivity contribution in [2.24, 2.45) is 0 Å². The molecule has 2 aromatic heterocycles. The molecule has 2 heterocycles. The molecule has 0 atom stereocenters. The number of rotatable bonds is 3. The van der Waals surface area contributed by atoms with E-state index in [1.165, 1.54) is 6.20 Å². The predicted octanol–water partition coefficient (Wildman–Crippen LogP) is 1.24.